The molecule has 25 heavy (non-hydrogen) atoms. The molecule has 1 N–H and O–H groups in total. The van der Waals surface area contributed by atoms with Gasteiger partial charge >= 0.3 is 6.03 Å². The van der Waals surface area contributed by atoms with Gasteiger partial charge in [0, 0.05) is 44.6 Å². The van der Waals surface area contributed by atoms with Crippen molar-refractivity contribution in [1.82, 2.24) is 19.6 Å². The van der Waals surface area contributed by atoms with Crippen LogP contribution in [0, 0.1) is 5.82 Å². The number of benzene rings is 1. The van der Waals surface area contributed by atoms with E-state index in [4.69, 9.17) is 0 Å². The van der Waals surface area contributed by atoms with Gasteiger partial charge in [0.1, 0.15) is 5.82 Å². The highest BCUT2D eigenvalue weighted by Gasteiger charge is 2.30. The number of nitrogens with one attached hydrogen (secondary N) is 1. The van der Waals surface area contributed by atoms with E-state index in [2.05, 4.69) is 27.5 Å². The van der Waals surface area contributed by atoms with Crippen molar-refractivity contribution in [2.75, 3.05) is 31.5 Å². The minimum Gasteiger partial charge on any atom is -0.323 e. The predicted octanol–water partition coefficient (Wildman–Crippen LogP) is 2.49. The van der Waals surface area contributed by atoms with Gasteiger partial charge in [-0.2, -0.15) is 5.10 Å². The topological polar surface area (TPSA) is 53.4 Å². The van der Waals surface area contributed by atoms with Crippen LogP contribution in [0.3, 0.4) is 0 Å². The molecule has 7 heteroatoms. The molecule has 2 aromatic rings. The van der Waals surface area contributed by atoms with Crippen molar-refractivity contribution in [3.8, 4) is 5.69 Å². The summed E-state index contributed by atoms with van der Waals surface area (Å²) >= 11 is 0. The zero-order chi connectivity index (χ0) is 17.2. The van der Waals surface area contributed by atoms with Gasteiger partial charge in [0.2, 0.25) is 0 Å². The van der Waals surface area contributed by atoms with Gasteiger partial charge in [-0.1, -0.05) is 12.2 Å². The van der Waals surface area contributed by atoms with Crippen molar-refractivity contribution >= 4 is 11.7 Å². The van der Waals surface area contributed by atoms with E-state index in [9.17, 15) is 9.18 Å². The highest BCUT2D eigenvalue weighted by atomic mass is 19.1. The van der Waals surface area contributed by atoms with Gasteiger partial charge in [-0.05, 0) is 30.7 Å². The third-order valence-corrected chi connectivity index (χ3v) is 4.76. The van der Waals surface area contributed by atoms with Crippen molar-refractivity contribution < 1.29 is 9.18 Å². The maximum atomic E-state index is 13.7. The Morgan fingerprint density at radius 1 is 1.28 bits per heavy atom. The first-order chi connectivity index (χ1) is 12.2. The minimum atomic E-state index is -0.395. The smallest absolute Gasteiger partial charge is 0.321 e. The summed E-state index contributed by atoms with van der Waals surface area (Å²) in [6, 6.07) is 6.27. The second kappa shape index (κ2) is 6.68. The van der Waals surface area contributed by atoms with Crippen LogP contribution >= 0.6 is 0 Å². The molecule has 130 valence electrons. The summed E-state index contributed by atoms with van der Waals surface area (Å²) in [6.07, 6.45) is 8.68. The van der Waals surface area contributed by atoms with Crippen LogP contribution in [-0.2, 0) is 0 Å². The summed E-state index contributed by atoms with van der Waals surface area (Å²) in [6.45, 7) is 3.31. The number of hydrogen-bond donors (Lipinski definition) is 1. The molecule has 0 spiro atoms. The molecular formula is C18H20FN5O. The summed E-state index contributed by atoms with van der Waals surface area (Å²) in [5.41, 5.74) is 1.05. The molecule has 1 atom stereocenters. The van der Waals surface area contributed by atoms with E-state index in [1.54, 1.807) is 34.1 Å². The maximum Gasteiger partial charge on any atom is 0.321 e. The van der Waals surface area contributed by atoms with E-state index in [0.717, 1.165) is 19.5 Å². The Balaban J connectivity index is 1.47. The number of nitrogens with zero attached hydrogens (tertiary/aromatic N) is 4. The van der Waals surface area contributed by atoms with E-state index < -0.39 is 5.82 Å². The lowest BCUT2D eigenvalue weighted by Gasteiger charge is -2.24. The highest BCUT2D eigenvalue weighted by Crippen LogP contribution is 2.23. The average Bonchev–Trinajstić information content (AvgIpc) is 3.35. The highest BCUT2D eigenvalue weighted by molar-refractivity contribution is 5.91. The predicted molar refractivity (Wildman–Crippen MR) is 93.2 cm³/mol. The molecule has 0 bridgehead atoms. The summed E-state index contributed by atoms with van der Waals surface area (Å²) in [5, 5.41) is 7.01. The fourth-order valence-corrected chi connectivity index (χ4v) is 3.43. The Hall–Kier alpha value is -2.67. The van der Waals surface area contributed by atoms with Crippen molar-refractivity contribution in [3.05, 3.63) is 54.6 Å². The quantitative estimate of drug-likeness (QED) is 0.873. The normalized spacial score (nSPS) is 20.4. The van der Waals surface area contributed by atoms with E-state index >= 15 is 0 Å². The second-order valence-corrected chi connectivity index (χ2v) is 6.36. The minimum absolute atomic E-state index is 0.200. The van der Waals surface area contributed by atoms with Crippen LogP contribution in [0.2, 0.25) is 0 Å². The molecule has 0 unspecified atom stereocenters. The summed E-state index contributed by atoms with van der Waals surface area (Å²) in [4.78, 5) is 16.8. The SMILES string of the molecule is O=C(Nc1cc(F)ccc1-n1cccn1)N1CC[C@@H](N2CC=CC2)C1. The fourth-order valence-electron chi connectivity index (χ4n) is 3.43. The summed E-state index contributed by atoms with van der Waals surface area (Å²) in [5.74, 6) is -0.395. The van der Waals surface area contributed by atoms with Gasteiger partial charge in [0.15, 0.2) is 0 Å². The molecule has 0 saturated carbocycles. The third-order valence-electron chi connectivity index (χ3n) is 4.76. The largest absolute Gasteiger partial charge is 0.323 e. The van der Waals surface area contributed by atoms with Gasteiger partial charge in [-0.3, -0.25) is 4.90 Å². The first-order valence-electron chi connectivity index (χ1n) is 8.45. The Morgan fingerprint density at radius 3 is 2.88 bits per heavy atom. The molecule has 0 aliphatic carbocycles. The zero-order valence-corrected chi connectivity index (χ0v) is 13.8. The first kappa shape index (κ1) is 15.8. The number of halogens is 1. The number of carbonyl (C=O) groups is 1. The molecule has 1 saturated heterocycles. The standard InChI is InChI=1S/C18H20FN5O/c19-14-4-5-17(24-10-3-7-20-24)16(12-14)21-18(25)23-11-6-15(13-23)22-8-1-2-9-22/h1-5,7,10,12,15H,6,8-9,11,13H2,(H,21,25)/t15-/m1/s1. The van der Waals surface area contributed by atoms with Crippen molar-refractivity contribution in [2.24, 2.45) is 0 Å². The zero-order valence-electron chi connectivity index (χ0n) is 13.8. The van der Waals surface area contributed by atoms with E-state index in [1.807, 2.05) is 0 Å². The van der Waals surface area contributed by atoms with Crippen LogP contribution in [0.1, 0.15) is 6.42 Å². The van der Waals surface area contributed by atoms with Crippen LogP contribution < -0.4 is 5.32 Å². The van der Waals surface area contributed by atoms with Gasteiger partial charge in [-0.25, -0.2) is 13.9 Å². The lowest BCUT2D eigenvalue weighted by Crippen LogP contribution is -2.39. The lowest BCUT2D eigenvalue weighted by atomic mass is 10.2. The van der Waals surface area contributed by atoms with Gasteiger partial charge < -0.3 is 10.2 Å². The number of carbonyl (C=O) groups excluding carboxylic acids is 1. The Labute approximate surface area is 145 Å². The van der Waals surface area contributed by atoms with Crippen LogP contribution in [0.15, 0.2) is 48.8 Å². The van der Waals surface area contributed by atoms with Crippen molar-refractivity contribution in [3.63, 3.8) is 0 Å². The van der Waals surface area contributed by atoms with Crippen molar-refractivity contribution in [1.29, 1.82) is 0 Å². The van der Waals surface area contributed by atoms with E-state index in [1.165, 1.54) is 12.1 Å². The molecule has 6 nitrogen and oxygen atoms in total. The number of hydrogen-bond acceptors (Lipinski definition) is 3. The Kier molecular flexibility index (Phi) is 4.23. The monoisotopic (exact) mass is 341 g/mol. The average molecular weight is 341 g/mol. The maximum absolute atomic E-state index is 13.7. The number of likely N-dealkylation sites (tertiary alicyclic amines) is 1. The Morgan fingerprint density at radius 2 is 2.12 bits per heavy atom. The molecule has 2 aliphatic heterocycles. The molecule has 1 fully saturated rings. The fraction of sp³-hybridized carbons (Fsp3) is 0.333. The van der Waals surface area contributed by atoms with E-state index in [-0.39, 0.29) is 6.03 Å². The molecule has 1 aromatic carbocycles. The van der Waals surface area contributed by atoms with Gasteiger partial charge in [-0.15, -0.1) is 0 Å². The number of anilines is 1. The molecular weight excluding hydrogens is 321 g/mol. The molecule has 1 aromatic heterocycles. The molecule has 3 heterocycles. The number of amides is 2. The second-order valence-electron chi connectivity index (χ2n) is 6.36. The van der Waals surface area contributed by atoms with Crippen LogP contribution in [0.25, 0.3) is 5.69 Å². The molecule has 4 rings (SSSR count). The molecule has 0 radical (unpaired) electrons. The van der Waals surface area contributed by atoms with Crippen molar-refractivity contribution in [2.45, 2.75) is 12.5 Å². The number of rotatable bonds is 3. The van der Waals surface area contributed by atoms with Crippen LogP contribution in [0.4, 0.5) is 14.9 Å². The van der Waals surface area contributed by atoms with Gasteiger partial charge in [0.05, 0.1) is 11.4 Å². The van der Waals surface area contributed by atoms with Crippen LogP contribution in [0.5, 0.6) is 0 Å². The van der Waals surface area contributed by atoms with Crippen LogP contribution in [-0.4, -0.2) is 57.8 Å². The third kappa shape index (κ3) is 3.28. The number of aromatic nitrogens is 2. The molecule has 2 aliphatic rings. The Bertz CT molecular complexity index is 781. The lowest BCUT2D eigenvalue weighted by molar-refractivity contribution is 0.212. The number of urea groups is 1. The molecule has 2 amide bonds. The summed E-state index contributed by atoms with van der Waals surface area (Å²) in [7, 11) is 0. The summed E-state index contributed by atoms with van der Waals surface area (Å²) < 4.78 is 15.3. The van der Waals surface area contributed by atoms with Gasteiger partial charge in [0.25, 0.3) is 0 Å². The van der Waals surface area contributed by atoms with E-state index in [0.29, 0.717) is 30.5 Å². The first-order valence-corrected chi connectivity index (χ1v) is 8.45.